The average molecular weight is 530 g/mol. The summed E-state index contributed by atoms with van der Waals surface area (Å²) >= 11 is 7.84. The van der Waals surface area contributed by atoms with Gasteiger partial charge in [0, 0.05) is 27.8 Å². The number of amides is 1. The van der Waals surface area contributed by atoms with E-state index in [2.05, 4.69) is 29.3 Å². The number of nitrogens with two attached hydrogens (primary N) is 1. The number of benzene rings is 3. The number of carbonyl (C=O) groups excluding carboxylic acids is 1. The molecule has 1 atom stereocenters. The van der Waals surface area contributed by atoms with Crippen molar-refractivity contribution < 1.29 is 9.53 Å². The Morgan fingerprint density at radius 2 is 1.86 bits per heavy atom. The summed E-state index contributed by atoms with van der Waals surface area (Å²) in [4.78, 5) is 16.0. The highest BCUT2D eigenvalue weighted by Crippen LogP contribution is 2.36. The molecule has 0 aliphatic carbocycles. The highest BCUT2D eigenvalue weighted by Gasteiger charge is 2.15. The number of aryl methyl sites for hydroxylation is 1. The van der Waals surface area contributed by atoms with Crippen LogP contribution in [-0.2, 0) is 24.2 Å². The van der Waals surface area contributed by atoms with Crippen LogP contribution in [0.3, 0.4) is 0 Å². The van der Waals surface area contributed by atoms with E-state index in [1.54, 1.807) is 11.8 Å². The molecule has 0 aliphatic heterocycles. The molecule has 1 heterocycles. The lowest BCUT2D eigenvalue weighted by Crippen LogP contribution is -2.11. The van der Waals surface area contributed by atoms with Gasteiger partial charge in [-0.3, -0.25) is 4.79 Å². The molecule has 1 aromatic heterocycles. The lowest BCUT2D eigenvalue weighted by atomic mass is 9.98. The molecule has 0 radical (unpaired) electrons. The molecule has 4 rings (SSSR count). The largest absolute Gasteiger partial charge is 0.487 e. The van der Waals surface area contributed by atoms with E-state index in [-0.39, 0.29) is 11.2 Å². The molecular formula is C30H28ClN3O2S. The van der Waals surface area contributed by atoms with Crippen LogP contribution in [0.25, 0.3) is 10.9 Å². The summed E-state index contributed by atoms with van der Waals surface area (Å²) in [5.41, 5.74) is 10.4. The normalized spacial score (nSPS) is 11.7. The van der Waals surface area contributed by atoms with Crippen LogP contribution in [0.5, 0.6) is 5.75 Å². The van der Waals surface area contributed by atoms with Crippen LogP contribution < -0.4 is 10.5 Å². The second kappa shape index (κ2) is 13.1. The Balaban J connectivity index is 1.47. The number of nitriles is 1. The maximum absolute atomic E-state index is 11.3. The van der Waals surface area contributed by atoms with E-state index >= 15 is 0 Å². The van der Waals surface area contributed by atoms with Gasteiger partial charge in [0.25, 0.3) is 0 Å². The minimum atomic E-state index is -0.299. The second-order valence-corrected chi connectivity index (χ2v) is 10.5. The maximum atomic E-state index is 11.3. The van der Waals surface area contributed by atoms with E-state index in [0.29, 0.717) is 30.2 Å². The molecule has 5 nitrogen and oxygen atoms in total. The number of ether oxygens (including phenoxy) is 1. The van der Waals surface area contributed by atoms with Gasteiger partial charge in [0.1, 0.15) is 12.4 Å². The van der Waals surface area contributed by atoms with Crippen molar-refractivity contribution in [1.82, 2.24) is 4.98 Å². The molecule has 0 fully saturated rings. The van der Waals surface area contributed by atoms with E-state index in [1.807, 2.05) is 60.7 Å². The Labute approximate surface area is 226 Å². The summed E-state index contributed by atoms with van der Waals surface area (Å²) in [6.07, 6.45) is 2.43. The first kappa shape index (κ1) is 26.5. The van der Waals surface area contributed by atoms with Crippen LogP contribution in [0, 0.1) is 11.3 Å². The third-order valence-electron chi connectivity index (χ3n) is 6.06. The minimum Gasteiger partial charge on any atom is -0.487 e. The van der Waals surface area contributed by atoms with Crippen molar-refractivity contribution in [2.24, 2.45) is 5.73 Å². The van der Waals surface area contributed by atoms with Gasteiger partial charge in [-0.15, -0.1) is 0 Å². The predicted molar refractivity (Wildman–Crippen MR) is 151 cm³/mol. The Bertz CT molecular complexity index is 1420. The van der Waals surface area contributed by atoms with Crippen molar-refractivity contribution in [3.8, 4) is 11.8 Å². The summed E-state index contributed by atoms with van der Waals surface area (Å²) < 4.78 is 6.10. The first-order valence-electron chi connectivity index (χ1n) is 12.1. The summed E-state index contributed by atoms with van der Waals surface area (Å²) in [6, 6.07) is 28.0. The lowest BCUT2D eigenvalue weighted by molar-refractivity contribution is -0.117. The van der Waals surface area contributed by atoms with Gasteiger partial charge in [-0.25, -0.2) is 4.98 Å². The predicted octanol–water partition coefficient (Wildman–Crippen LogP) is 6.82. The summed E-state index contributed by atoms with van der Waals surface area (Å²) in [7, 11) is 0. The lowest BCUT2D eigenvalue weighted by Gasteiger charge is -2.19. The number of aromatic nitrogens is 1. The molecule has 3 aromatic carbocycles. The van der Waals surface area contributed by atoms with Crippen LogP contribution in [0.4, 0.5) is 0 Å². The van der Waals surface area contributed by atoms with Crippen LogP contribution >= 0.6 is 23.4 Å². The number of primary amides is 1. The molecule has 1 unspecified atom stereocenters. The first-order chi connectivity index (χ1) is 18.0. The third kappa shape index (κ3) is 7.72. The van der Waals surface area contributed by atoms with Gasteiger partial charge in [-0.2, -0.15) is 17.0 Å². The number of pyridine rings is 1. The number of carbonyl (C=O) groups is 1. The molecule has 0 saturated heterocycles. The van der Waals surface area contributed by atoms with Crippen molar-refractivity contribution in [1.29, 1.82) is 5.26 Å². The zero-order valence-corrected chi connectivity index (χ0v) is 22.0. The van der Waals surface area contributed by atoms with E-state index < -0.39 is 0 Å². The number of fused-ring (bicyclic) bond motifs is 1. The highest BCUT2D eigenvalue weighted by molar-refractivity contribution is 7.99. The van der Waals surface area contributed by atoms with Crippen LogP contribution in [-0.4, -0.2) is 16.6 Å². The molecule has 0 spiro atoms. The molecule has 7 heteroatoms. The van der Waals surface area contributed by atoms with Crippen molar-refractivity contribution in [2.75, 3.05) is 5.75 Å². The van der Waals surface area contributed by atoms with E-state index in [4.69, 9.17) is 22.1 Å². The van der Waals surface area contributed by atoms with E-state index in [0.717, 1.165) is 46.3 Å². The van der Waals surface area contributed by atoms with E-state index in [9.17, 15) is 10.1 Å². The maximum Gasteiger partial charge on any atom is 0.218 e. The van der Waals surface area contributed by atoms with Gasteiger partial charge in [-0.1, -0.05) is 60.1 Å². The smallest absolute Gasteiger partial charge is 0.218 e. The van der Waals surface area contributed by atoms with Crippen molar-refractivity contribution in [2.45, 2.75) is 37.5 Å². The SMILES string of the molecule is N#CCc1ccccc1CCC(SCCC(N)=O)c1cccc(OCc2ccc3ccc(Cl)cc3n2)c1. The molecule has 37 heavy (non-hydrogen) atoms. The molecule has 188 valence electrons. The number of hydrogen-bond acceptors (Lipinski definition) is 5. The second-order valence-electron chi connectivity index (χ2n) is 8.72. The first-order valence-corrected chi connectivity index (χ1v) is 13.6. The van der Waals surface area contributed by atoms with Crippen LogP contribution in [0.2, 0.25) is 5.02 Å². The van der Waals surface area contributed by atoms with Gasteiger partial charge in [-0.05, 0) is 59.9 Å². The number of thioether (sulfide) groups is 1. The van der Waals surface area contributed by atoms with Gasteiger partial charge in [0.05, 0.1) is 23.7 Å². The molecular weight excluding hydrogens is 502 g/mol. The van der Waals surface area contributed by atoms with Gasteiger partial charge < -0.3 is 10.5 Å². The highest BCUT2D eigenvalue weighted by atomic mass is 35.5. The number of nitrogens with zero attached hydrogens (tertiary/aromatic N) is 2. The summed E-state index contributed by atoms with van der Waals surface area (Å²) in [6.45, 7) is 0.340. The molecule has 1 amide bonds. The Morgan fingerprint density at radius 1 is 1.05 bits per heavy atom. The van der Waals surface area contributed by atoms with Gasteiger partial charge in [0.15, 0.2) is 0 Å². The van der Waals surface area contributed by atoms with Gasteiger partial charge in [0.2, 0.25) is 5.91 Å². The Hall–Kier alpha value is -3.53. The fourth-order valence-electron chi connectivity index (χ4n) is 4.17. The van der Waals surface area contributed by atoms with Crippen molar-refractivity contribution in [3.63, 3.8) is 0 Å². The molecule has 2 N–H and O–H groups in total. The van der Waals surface area contributed by atoms with Crippen molar-refractivity contribution >= 4 is 40.2 Å². The zero-order valence-electron chi connectivity index (χ0n) is 20.4. The Morgan fingerprint density at radius 3 is 2.68 bits per heavy atom. The molecule has 4 aromatic rings. The quantitative estimate of drug-likeness (QED) is 0.217. The van der Waals surface area contributed by atoms with E-state index in [1.165, 1.54) is 5.56 Å². The third-order valence-corrected chi connectivity index (χ3v) is 7.64. The van der Waals surface area contributed by atoms with Crippen LogP contribution in [0.15, 0.2) is 78.9 Å². The fourth-order valence-corrected chi connectivity index (χ4v) is 5.56. The summed E-state index contributed by atoms with van der Waals surface area (Å²) in [5, 5.41) is 11.0. The number of rotatable bonds is 12. The zero-order chi connectivity index (χ0) is 26.0. The van der Waals surface area contributed by atoms with Gasteiger partial charge >= 0.3 is 0 Å². The average Bonchev–Trinajstić information content (AvgIpc) is 2.90. The molecule has 0 bridgehead atoms. The number of hydrogen-bond donors (Lipinski definition) is 1. The monoisotopic (exact) mass is 529 g/mol. The van der Waals surface area contributed by atoms with Crippen LogP contribution in [0.1, 0.15) is 40.5 Å². The fraction of sp³-hybridized carbons (Fsp3) is 0.233. The topological polar surface area (TPSA) is 89.0 Å². The standard InChI is InChI=1S/C30H28ClN3O2S/c31-25-11-8-23-9-12-26(34-28(23)19-25)20-36-27-7-3-6-24(18-27)29(37-17-15-30(33)35)13-10-21-4-1-2-5-22(21)14-16-32/h1-9,11-12,18-19,29H,10,13-15,17,20H2,(H2,33,35). The summed E-state index contributed by atoms with van der Waals surface area (Å²) in [5.74, 6) is 1.11. The van der Waals surface area contributed by atoms with Crippen molar-refractivity contribution in [3.05, 3.63) is 106 Å². The molecule has 0 aliphatic rings. The Kier molecular flexibility index (Phi) is 9.42. The number of halogens is 1. The molecule has 0 saturated carbocycles. The minimum absolute atomic E-state index is 0.152.